The minimum Gasteiger partial charge on any atom is -0.324 e. The molecule has 3 rings (SSSR count). The molecule has 0 saturated carbocycles. The van der Waals surface area contributed by atoms with Crippen LogP contribution in [-0.4, -0.2) is 22.8 Å². The second kappa shape index (κ2) is 5.90. The van der Waals surface area contributed by atoms with E-state index in [0.29, 0.717) is 0 Å². The van der Waals surface area contributed by atoms with Crippen molar-refractivity contribution in [3.05, 3.63) is 70.3 Å². The van der Waals surface area contributed by atoms with E-state index in [1.165, 1.54) is 24.3 Å². The number of carbonyl (C=O) groups excluding carboxylic acids is 3. The Morgan fingerprint density at radius 1 is 0.923 bits per heavy atom. The quantitative estimate of drug-likeness (QED) is 0.600. The summed E-state index contributed by atoms with van der Waals surface area (Å²) in [6.45, 7) is 0. The Balaban J connectivity index is 1.88. The van der Waals surface area contributed by atoms with Gasteiger partial charge in [-0.05, 0) is 24.3 Å². The van der Waals surface area contributed by atoms with Crippen LogP contribution in [0.4, 0.5) is 22.0 Å². The number of carbonyl (C=O) groups is 3. The molecule has 0 aromatic heterocycles. The van der Waals surface area contributed by atoms with Crippen molar-refractivity contribution in [2.75, 3.05) is 0 Å². The molecule has 0 aliphatic carbocycles. The fraction of sp³-hybridized carbons (Fsp3) is 0.0625. The van der Waals surface area contributed by atoms with Gasteiger partial charge in [-0.2, -0.15) is 13.2 Å². The van der Waals surface area contributed by atoms with Gasteiger partial charge in [0, 0.05) is 0 Å². The summed E-state index contributed by atoms with van der Waals surface area (Å²) in [6.07, 6.45) is -5.31. The highest BCUT2D eigenvalue weighted by atomic mass is 19.4. The summed E-state index contributed by atoms with van der Waals surface area (Å²) in [4.78, 5) is 40.5. The molecule has 0 N–H and O–H groups in total. The second-order valence-electron chi connectivity index (χ2n) is 5.14. The van der Waals surface area contributed by atoms with Crippen LogP contribution in [0.2, 0.25) is 0 Å². The predicted molar refractivity (Wildman–Crippen MR) is 73.7 cm³/mol. The third-order valence-corrected chi connectivity index (χ3v) is 3.49. The summed E-state index contributed by atoms with van der Waals surface area (Å²) in [7, 11) is 0. The van der Waals surface area contributed by atoms with Gasteiger partial charge >= 0.3 is 12.1 Å². The van der Waals surface area contributed by atoms with Gasteiger partial charge in [0.05, 0.1) is 16.7 Å². The summed E-state index contributed by atoms with van der Waals surface area (Å²) in [5.74, 6) is -7.64. The molecular formula is C16H6F5NO4. The van der Waals surface area contributed by atoms with Crippen molar-refractivity contribution in [2.45, 2.75) is 6.18 Å². The Kier molecular flexibility index (Phi) is 3.98. The van der Waals surface area contributed by atoms with Crippen molar-refractivity contribution >= 4 is 17.8 Å². The molecule has 10 heteroatoms. The van der Waals surface area contributed by atoms with E-state index in [9.17, 15) is 36.3 Å². The molecule has 1 heterocycles. The van der Waals surface area contributed by atoms with Gasteiger partial charge in [0.15, 0.2) is 0 Å². The van der Waals surface area contributed by atoms with Gasteiger partial charge in [0.1, 0.15) is 17.2 Å². The van der Waals surface area contributed by atoms with Gasteiger partial charge < -0.3 is 4.84 Å². The number of nitrogens with zero attached hydrogens (tertiary/aromatic N) is 1. The summed E-state index contributed by atoms with van der Waals surface area (Å²) >= 11 is 0. The Labute approximate surface area is 141 Å². The molecule has 0 fully saturated rings. The zero-order chi connectivity index (χ0) is 19.2. The number of benzene rings is 2. The van der Waals surface area contributed by atoms with Crippen LogP contribution in [-0.2, 0) is 11.0 Å². The maximum absolute atomic E-state index is 13.5. The van der Waals surface area contributed by atoms with Crippen LogP contribution in [0, 0.1) is 11.6 Å². The topological polar surface area (TPSA) is 63.7 Å². The molecule has 2 aromatic carbocycles. The van der Waals surface area contributed by atoms with Gasteiger partial charge in [-0.25, -0.2) is 13.6 Å². The van der Waals surface area contributed by atoms with Gasteiger partial charge in [-0.1, -0.05) is 17.2 Å². The first kappa shape index (κ1) is 17.5. The van der Waals surface area contributed by atoms with Crippen molar-refractivity contribution in [1.82, 2.24) is 5.06 Å². The molecule has 0 unspecified atom stereocenters. The van der Waals surface area contributed by atoms with Gasteiger partial charge in [-0.15, -0.1) is 0 Å². The van der Waals surface area contributed by atoms with E-state index in [2.05, 4.69) is 4.84 Å². The molecule has 0 spiro atoms. The first-order valence-corrected chi connectivity index (χ1v) is 6.87. The molecular weight excluding hydrogens is 365 g/mol. The number of hydrogen-bond donors (Lipinski definition) is 0. The normalized spacial score (nSPS) is 13.8. The van der Waals surface area contributed by atoms with E-state index in [4.69, 9.17) is 0 Å². The molecule has 0 bridgehead atoms. The van der Waals surface area contributed by atoms with Crippen LogP contribution in [0.25, 0.3) is 0 Å². The molecule has 5 nitrogen and oxygen atoms in total. The lowest BCUT2D eigenvalue weighted by molar-refractivity contribution is -0.142. The number of imide groups is 1. The van der Waals surface area contributed by atoms with E-state index in [1.54, 1.807) is 0 Å². The number of hydroxylamine groups is 2. The van der Waals surface area contributed by atoms with E-state index in [-0.39, 0.29) is 28.3 Å². The fourth-order valence-corrected chi connectivity index (χ4v) is 2.35. The number of hydrogen-bond acceptors (Lipinski definition) is 4. The summed E-state index contributed by atoms with van der Waals surface area (Å²) in [6, 6.07) is 5.70. The third-order valence-electron chi connectivity index (χ3n) is 3.49. The molecule has 2 aromatic rings. The van der Waals surface area contributed by atoms with E-state index in [1.807, 2.05) is 0 Å². The minimum absolute atomic E-state index is 0.0601. The van der Waals surface area contributed by atoms with Crippen LogP contribution in [0.5, 0.6) is 0 Å². The zero-order valence-electron chi connectivity index (χ0n) is 12.4. The Morgan fingerprint density at radius 3 is 1.81 bits per heavy atom. The highest BCUT2D eigenvalue weighted by Crippen LogP contribution is 2.34. The lowest BCUT2D eigenvalue weighted by Crippen LogP contribution is -2.32. The van der Waals surface area contributed by atoms with Crippen LogP contribution >= 0.6 is 0 Å². The highest BCUT2D eigenvalue weighted by molar-refractivity contribution is 6.21. The fourth-order valence-electron chi connectivity index (χ4n) is 2.35. The number of rotatable bonds is 2. The van der Waals surface area contributed by atoms with E-state index in [0.717, 1.165) is 0 Å². The number of fused-ring (bicyclic) bond motifs is 1. The van der Waals surface area contributed by atoms with Crippen molar-refractivity contribution in [2.24, 2.45) is 0 Å². The van der Waals surface area contributed by atoms with Crippen LogP contribution in [0.3, 0.4) is 0 Å². The molecule has 0 saturated heterocycles. The van der Waals surface area contributed by atoms with Crippen LogP contribution in [0.1, 0.15) is 36.6 Å². The monoisotopic (exact) mass is 371 g/mol. The molecule has 26 heavy (non-hydrogen) atoms. The smallest absolute Gasteiger partial charge is 0.324 e. The number of halogens is 5. The summed E-state index contributed by atoms with van der Waals surface area (Å²) in [5.41, 5.74) is -3.23. The summed E-state index contributed by atoms with van der Waals surface area (Å²) in [5, 5.41) is 0.0699. The van der Waals surface area contributed by atoms with E-state index < -0.39 is 46.7 Å². The van der Waals surface area contributed by atoms with E-state index >= 15 is 0 Å². The SMILES string of the molecule is O=C(ON1C(=O)c2ccccc2C1=O)c1cc(F)c(C(F)(F)F)c(F)c1. The standard InChI is InChI=1S/C16H6F5NO4/c17-10-5-7(6-11(18)12(10)16(19,20)21)15(25)26-22-13(23)8-3-1-2-4-9(8)14(22)24/h1-6H. The molecule has 134 valence electrons. The predicted octanol–water partition coefficient (Wildman–Crippen LogP) is 3.35. The zero-order valence-corrected chi connectivity index (χ0v) is 12.4. The first-order chi connectivity index (χ1) is 12.1. The van der Waals surface area contributed by atoms with Gasteiger partial charge in [-0.3, -0.25) is 9.59 Å². The molecule has 1 aliphatic rings. The maximum atomic E-state index is 13.5. The van der Waals surface area contributed by atoms with Crippen molar-refractivity contribution in [3.63, 3.8) is 0 Å². The Hall–Kier alpha value is -3.30. The second-order valence-corrected chi connectivity index (χ2v) is 5.14. The van der Waals surface area contributed by atoms with Gasteiger partial charge in [0.2, 0.25) is 0 Å². The maximum Gasteiger partial charge on any atom is 0.422 e. The molecule has 2 amide bonds. The van der Waals surface area contributed by atoms with Crippen molar-refractivity contribution in [3.8, 4) is 0 Å². The van der Waals surface area contributed by atoms with Crippen molar-refractivity contribution < 1.29 is 41.2 Å². The van der Waals surface area contributed by atoms with Crippen molar-refractivity contribution in [1.29, 1.82) is 0 Å². The minimum atomic E-state index is -5.31. The van der Waals surface area contributed by atoms with Crippen LogP contribution in [0.15, 0.2) is 36.4 Å². The Bertz CT molecular complexity index is 896. The lowest BCUT2D eigenvalue weighted by Gasteiger charge is -2.14. The molecule has 0 atom stereocenters. The largest absolute Gasteiger partial charge is 0.422 e. The Morgan fingerprint density at radius 2 is 1.38 bits per heavy atom. The van der Waals surface area contributed by atoms with Gasteiger partial charge in [0.25, 0.3) is 11.8 Å². The average Bonchev–Trinajstić information content (AvgIpc) is 2.78. The summed E-state index contributed by atoms with van der Waals surface area (Å²) < 4.78 is 64.7. The highest BCUT2D eigenvalue weighted by Gasteiger charge is 2.40. The lowest BCUT2D eigenvalue weighted by atomic mass is 10.1. The third kappa shape index (κ3) is 2.79. The number of alkyl halides is 3. The first-order valence-electron chi connectivity index (χ1n) is 6.87. The van der Waals surface area contributed by atoms with Crippen LogP contribution < -0.4 is 0 Å². The number of amides is 2. The molecule has 0 radical (unpaired) electrons. The average molecular weight is 371 g/mol. The molecule has 1 aliphatic heterocycles.